The predicted octanol–water partition coefficient (Wildman–Crippen LogP) is 2.09. The lowest BCUT2D eigenvalue weighted by Gasteiger charge is -2.59. The van der Waals surface area contributed by atoms with Gasteiger partial charge in [-0.2, -0.15) is 0 Å². The van der Waals surface area contributed by atoms with E-state index in [0.717, 1.165) is 19.3 Å². The second kappa shape index (κ2) is 4.06. The summed E-state index contributed by atoms with van der Waals surface area (Å²) in [6, 6.07) is 0. The van der Waals surface area contributed by atoms with Gasteiger partial charge >= 0.3 is 5.97 Å². The number of hydrogen-bond acceptors (Lipinski definition) is 4. The van der Waals surface area contributed by atoms with Gasteiger partial charge in [0.2, 0.25) is 0 Å². The van der Waals surface area contributed by atoms with Gasteiger partial charge in [-0.15, -0.1) is 0 Å². The van der Waals surface area contributed by atoms with Gasteiger partial charge in [0.15, 0.2) is 0 Å². The molecule has 3 rings (SSSR count). The van der Waals surface area contributed by atoms with Crippen LogP contribution >= 0.6 is 0 Å². The van der Waals surface area contributed by atoms with Gasteiger partial charge < -0.3 is 9.84 Å². The molecule has 3 fully saturated rings. The average Bonchev–Trinajstić information content (AvgIpc) is 2.70. The SMILES string of the molecule is C[C@]12CCC(=O)[C@@](C)(CO)[C@@H]1CC[C@@]1(C)OC(=O)C[C@H]21. The van der Waals surface area contributed by atoms with Crippen molar-refractivity contribution in [2.24, 2.45) is 22.7 Å². The number of ether oxygens (including phenoxy) is 1. The molecule has 3 aliphatic rings. The third-order valence-corrected chi connectivity index (χ3v) is 6.60. The van der Waals surface area contributed by atoms with Crippen LogP contribution < -0.4 is 0 Å². The maximum absolute atomic E-state index is 12.3. The molecule has 0 spiro atoms. The lowest BCUT2D eigenvalue weighted by atomic mass is 9.45. The van der Waals surface area contributed by atoms with Gasteiger partial charge in [-0.3, -0.25) is 9.59 Å². The van der Waals surface area contributed by atoms with Crippen molar-refractivity contribution in [3.63, 3.8) is 0 Å². The van der Waals surface area contributed by atoms with Gasteiger partial charge in [0, 0.05) is 12.3 Å². The van der Waals surface area contributed by atoms with Crippen molar-refractivity contribution in [3.05, 3.63) is 0 Å². The van der Waals surface area contributed by atoms with E-state index >= 15 is 0 Å². The van der Waals surface area contributed by atoms with Crippen molar-refractivity contribution in [1.29, 1.82) is 0 Å². The number of esters is 1. The van der Waals surface area contributed by atoms with Gasteiger partial charge in [-0.05, 0) is 37.5 Å². The Morgan fingerprint density at radius 3 is 2.55 bits per heavy atom. The first-order valence-corrected chi connectivity index (χ1v) is 7.62. The van der Waals surface area contributed by atoms with Crippen molar-refractivity contribution in [2.75, 3.05) is 6.61 Å². The quantitative estimate of drug-likeness (QED) is 0.747. The Morgan fingerprint density at radius 1 is 1.20 bits per heavy atom. The predicted molar refractivity (Wildman–Crippen MR) is 72.9 cm³/mol. The molecule has 1 saturated heterocycles. The van der Waals surface area contributed by atoms with E-state index in [2.05, 4.69) is 6.92 Å². The minimum Gasteiger partial charge on any atom is -0.459 e. The number of carbonyl (C=O) groups excluding carboxylic acids is 2. The zero-order valence-electron chi connectivity index (χ0n) is 12.6. The Labute approximate surface area is 119 Å². The molecule has 20 heavy (non-hydrogen) atoms. The molecule has 0 unspecified atom stereocenters. The molecular weight excluding hydrogens is 256 g/mol. The smallest absolute Gasteiger partial charge is 0.306 e. The van der Waals surface area contributed by atoms with Crippen LogP contribution in [0.5, 0.6) is 0 Å². The normalized spacial score (nSPS) is 51.4. The average molecular weight is 280 g/mol. The van der Waals surface area contributed by atoms with Gasteiger partial charge in [-0.25, -0.2) is 0 Å². The highest BCUT2D eigenvalue weighted by atomic mass is 16.6. The molecule has 112 valence electrons. The van der Waals surface area contributed by atoms with Gasteiger partial charge in [0.1, 0.15) is 11.4 Å². The Balaban J connectivity index is 2.03. The number of aliphatic hydroxyl groups is 1. The molecule has 0 bridgehead atoms. The number of carbonyl (C=O) groups is 2. The van der Waals surface area contributed by atoms with Crippen molar-refractivity contribution in [2.45, 2.75) is 58.5 Å². The highest BCUT2D eigenvalue weighted by Gasteiger charge is 2.65. The standard InChI is InChI=1S/C16H24O4/c1-14-6-5-12(18)15(2,9-17)10(14)4-7-16(3)11(14)8-13(19)20-16/h10-11,17H,4-9H2,1-3H3/t10-,11-,14+,15+,16-/m1/s1. The first-order valence-electron chi connectivity index (χ1n) is 7.62. The van der Waals surface area contributed by atoms with E-state index < -0.39 is 5.41 Å². The van der Waals surface area contributed by atoms with Crippen molar-refractivity contribution in [3.8, 4) is 0 Å². The first-order chi connectivity index (χ1) is 9.26. The number of hydrogen-bond donors (Lipinski definition) is 1. The number of ketones is 1. The largest absolute Gasteiger partial charge is 0.459 e. The monoisotopic (exact) mass is 280 g/mol. The molecule has 0 aromatic heterocycles. The summed E-state index contributed by atoms with van der Waals surface area (Å²) < 4.78 is 5.61. The van der Waals surface area contributed by atoms with Crippen molar-refractivity contribution in [1.82, 2.24) is 0 Å². The Morgan fingerprint density at radius 2 is 1.90 bits per heavy atom. The highest BCUT2D eigenvalue weighted by Crippen LogP contribution is 2.64. The fourth-order valence-electron chi connectivity index (χ4n) is 5.37. The molecule has 0 aromatic rings. The van der Waals surface area contributed by atoms with E-state index in [9.17, 15) is 14.7 Å². The molecule has 0 radical (unpaired) electrons. The van der Waals surface area contributed by atoms with Crippen LogP contribution in [-0.2, 0) is 14.3 Å². The molecule has 5 atom stereocenters. The summed E-state index contributed by atoms with van der Waals surface area (Å²) >= 11 is 0. The fourth-order valence-corrected chi connectivity index (χ4v) is 5.37. The molecule has 1 N–H and O–H groups in total. The maximum atomic E-state index is 12.3. The molecule has 4 heteroatoms. The van der Waals surface area contributed by atoms with Crippen LogP contribution in [0.4, 0.5) is 0 Å². The lowest BCUT2D eigenvalue weighted by molar-refractivity contribution is -0.177. The molecule has 1 heterocycles. The number of rotatable bonds is 1. The van der Waals surface area contributed by atoms with Crippen LogP contribution in [0.2, 0.25) is 0 Å². The van der Waals surface area contributed by atoms with Crippen LogP contribution in [0, 0.1) is 22.7 Å². The number of Topliss-reactive ketones (excluding diaryl/α,β-unsaturated/α-hetero) is 1. The van der Waals surface area contributed by atoms with E-state index in [1.807, 2.05) is 13.8 Å². The summed E-state index contributed by atoms with van der Waals surface area (Å²) in [6.07, 6.45) is 3.42. The van der Waals surface area contributed by atoms with E-state index in [4.69, 9.17) is 4.74 Å². The van der Waals surface area contributed by atoms with Gasteiger partial charge in [0.25, 0.3) is 0 Å². The maximum Gasteiger partial charge on any atom is 0.306 e. The lowest BCUT2D eigenvalue weighted by Crippen LogP contribution is -2.60. The number of aliphatic hydroxyl groups excluding tert-OH is 1. The molecule has 2 saturated carbocycles. The Kier molecular flexibility index (Phi) is 2.85. The molecule has 2 aliphatic carbocycles. The second-order valence-corrected chi connectivity index (χ2v) is 7.64. The molecule has 0 amide bonds. The zero-order valence-corrected chi connectivity index (χ0v) is 12.6. The summed E-state index contributed by atoms with van der Waals surface area (Å²) in [7, 11) is 0. The zero-order chi connectivity index (χ0) is 14.8. The van der Waals surface area contributed by atoms with Crippen molar-refractivity contribution < 1.29 is 19.4 Å². The first kappa shape index (κ1) is 14.1. The third kappa shape index (κ3) is 1.57. The minimum atomic E-state index is -0.653. The second-order valence-electron chi connectivity index (χ2n) is 7.64. The fraction of sp³-hybridized carbons (Fsp3) is 0.875. The molecule has 0 aromatic carbocycles. The van der Waals surface area contributed by atoms with E-state index in [-0.39, 0.29) is 41.2 Å². The summed E-state index contributed by atoms with van der Waals surface area (Å²) in [5.74, 6) is 0.382. The van der Waals surface area contributed by atoms with Crippen LogP contribution in [-0.4, -0.2) is 29.1 Å². The van der Waals surface area contributed by atoms with Crippen molar-refractivity contribution >= 4 is 11.8 Å². The Bertz CT molecular complexity index is 473. The summed E-state index contributed by atoms with van der Waals surface area (Å²) in [4.78, 5) is 24.1. The van der Waals surface area contributed by atoms with Gasteiger partial charge in [0.05, 0.1) is 18.4 Å². The van der Waals surface area contributed by atoms with E-state index in [1.54, 1.807) is 0 Å². The molecule has 1 aliphatic heterocycles. The van der Waals surface area contributed by atoms with E-state index in [0.29, 0.717) is 12.8 Å². The van der Waals surface area contributed by atoms with Crippen LogP contribution in [0.25, 0.3) is 0 Å². The molecule has 4 nitrogen and oxygen atoms in total. The van der Waals surface area contributed by atoms with Crippen LogP contribution in [0.15, 0.2) is 0 Å². The van der Waals surface area contributed by atoms with Gasteiger partial charge in [-0.1, -0.05) is 13.8 Å². The number of fused-ring (bicyclic) bond motifs is 3. The Hall–Kier alpha value is -0.900. The van der Waals surface area contributed by atoms with Crippen LogP contribution in [0.3, 0.4) is 0 Å². The summed E-state index contributed by atoms with van der Waals surface area (Å²) in [6.45, 7) is 6.04. The van der Waals surface area contributed by atoms with Crippen LogP contribution in [0.1, 0.15) is 52.9 Å². The topological polar surface area (TPSA) is 63.6 Å². The molecular formula is C16H24O4. The van der Waals surface area contributed by atoms with E-state index in [1.165, 1.54) is 0 Å². The summed E-state index contributed by atoms with van der Waals surface area (Å²) in [5, 5.41) is 9.81. The minimum absolute atomic E-state index is 0.0927. The highest BCUT2D eigenvalue weighted by molar-refractivity contribution is 5.86. The summed E-state index contributed by atoms with van der Waals surface area (Å²) in [5.41, 5.74) is -1.12. The third-order valence-electron chi connectivity index (χ3n) is 6.60.